The summed E-state index contributed by atoms with van der Waals surface area (Å²) in [6.45, 7) is 0. The van der Waals surface area contributed by atoms with Crippen molar-refractivity contribution < 1.29 is 8.42 Å². The summed E-state index contributed by atoms with van der Waals surface area (Å²) in [5.74, 6) is 0. The van der Waals surface area contributed by atoms with E-state index in [9.17, 15) is 8.42 Å². The lowest BCUT2D eigenvalue weighted by Crippen LogP contribution is -2.27. The first-order valence-corrected chi connectivity index (χ1v) is 7.89. The molecule has 0 unspecified atom stereocenters. The van der Waals surface area contributed by atoms with Gasteiger partial charge in [-0.1, -0.05) is 29.8 Å². The Morgan fingerprint density at radius 3 is 2.53 bits per heavy atom. The second-order valence-corrected chi connectivity index (χ2v) is 6.99. The average Bonchev–Trinajstić information content (AvgIpc) is 2.41. The van der Waals surface area contributed by atoms with Crippen molar-refractivity contribution >= 4 is 43.2 Å². The minimum Gasteiger partial charge on any atom is -0.266 e. The van der Waals surface area contributed by atoms with Crippen LogP contribution in [0.4, 0.5) is 5.69 Å². The van der Waals surface area contributed by atoms with Gasteiger partial charge in [0, 0.05) is 17.7 Å². The van der Waals surface area contributed by atoms with E-state index < -0.39 is 10.0 Å². The fourth-order valence-electron chi connectivity index (χ4n) is 1.51. The molecule has 0 saturated heterocycles. The summed E-state index contributed by atoms with van der Waals surface area (Å²) < 4.78 is 26.6. The Balaban J connectivity index is 2.50. The molecule has 0 N–H and O–H groups in total. The summed E-state index contributed by atoms with van der Waals surface area (Å²) in [5, 5.41) is 0.130. The summed E-state index contributed by atoms with van der Waals surface area (Å²) >= 11 is 9.19. The second-order valence-electron chi connectivity index (χ2n) is 3.75. The van der Waals surface area contributed by atoms with Gasteiger partial charge in [0.25, 0.3) is 10.0 Å². The minimum absolute atomic E-state index is 0.130. The van der Waals surface area contributed by atoms with Gasteiger partial charge in [0.1, 0.15) is 0 Å². The van der Waals surface area contributed by atoms with Gasteiger partial charge < -0.3 is 0 Å². The van der Waals surface area contributed by atoms with Crippen LogP contribution in [0.3, 0.4) is 0 Å². The summed E-state index contributed by atoms with van der Waals surface area (Å²) in [4.78, 5) is 4.12. The fourth-order valence-corrected chi connectivity index (χ4v) is 3.33. The van der Waals surface area contributed by atoms with Crippen LogP contribution in [0.25, 0.3) is 0 Å². The molecule has 7 heteroatoms. The van der Waals surface area contributed by atoms with Crippen LogP contribution in [0.1, 0.15) is 0 Å². The summed E-state index contributed by atoms with van der Waals surface area (Å²) in [6.07, 6.45) is 1.51. The number of pyridine rings is 1. The number of hydrogen-bond acceptors (Lipinski definition) is 3. The molecule has 0 aliphatic heterocycles. The third-order valence-electron chi connectivity index (χ3n) is 2.53. The second kappa shape index (κ2) is 5.48. The van der Waals surface area contributed by atoms with Crippen molar-refractivity contribution in [3.63, 3.8) is 0 Å². The van der Waals surface area contributed by atoms with Crippen LogP contribution in [0, 0.1) is 0 Å². The lowest BCUT2D eigenvalue weighted by Gasteiger charge is -2.20. The summed E-state index contributed by atoms with van der Waals surface area (Å²) in [6, 6.07) is 9.77. The van der Waals surface area contributed by atoms with E-state index in [-0.39, 0.29) is 10.0 Å². The molecule has 0 radical (unpaired) electrons. The number of nitrogens with zero attached hydrogens (tertiary/aromatic N) is 2. The van der Waals surface area contributed by atoms with E-state index in [1.807, 2.05) is 0 Å². The van der Waals surface area contributed by atoms with Crippen molar-refractivity contribution in [3.8, 4) is 0 Å². The maximum atomic E-state index is 12.4. The van der Waals surface area contributed by atoms with Crippen LogP contribution < -0.4 is 4.31 Å². The molecule has 0 bridgehead atoms. The zero-order valence-corrected chi connectivity index (χ0v) is 13.1. The van der Waals surface area contributed by atoms with Crippen LogP contribution in [0.5, 0.6) is 0 Å². The molecule has 0 saturated carbocycles. The average molecular weight is 362 g/mol. The Kier molecular flexibility index (Phi) is 4.13. The zero-order valence-electron chi connectivity index (χ0n) is 9.92. The van der Waals surface area contributed by atoms with Gasteiger partial charge in [0.2, 0.25) is 0 Å². The summed E-state index contributed by atoms with van der Waals surface area (Å²) in [7, 11) is -2.20. The van der Waals surface area contributed by atoms with Crippen LogP contribution in [-0.4, -0.2) is 20.4 Å². The van der Waals surface area contributed by atoms with E-state index in [1.54, 1.807) is 24.3 Å². The van der Waals surface area contributed by atoms with Gasteiger partial charge in [0.15, 0.2) is 5.15 Å². The molecule has 2 rings (SSSR count). The maximum absolute atomic E-state index is 12.4. The van der Waals surface area contributed by atoms with E-state index in [4.69, 9.17) is 11.6 Å². The molecule has 1 aromatic heterocycles. The smallest absolute Gasteiger partial charge is 0.264 e. The predicted octanol–water partition coefficient (Wildman–Crippen LogP) is 3.32. The lowest BCUT2D eigenvalue weighted by atomic mass is 10.4. The van der Waals surface area contributed by atoms with Gasteiger partial charge in [-0.25, -0.2) is 13.4 Å². The Hall–Kier alpha value is -1.11. The van der Waals surface area contributed by atoms with E-state index in [2.05, 4.69) is 20.9 Å². The predicted molar refractivity (Wildman–Crippen MR) is 79.0 cm³/mol. The van der Waals surface area contributed by atoms with Crippen molar-refractivity contribution in [2.75, 3.05) is 11.4 Å². The monoisotopic (exact) mass is 360 g/mol. The van der Waals surface area contributed by atoms with Crippen molar-refractivity contribution in [1.82, 2.24) is 4.98 Å². The quantitative estimate of drug-likeness (QED) is 0.788. The van der Waals surface area contributed by atoms with E-state index in [0.717, 1.165) is 4.31 Å². The highest BCUT2D eigenvalue weighted by Crippen LogP contribution is 2.29. The molecule has 1 heterocycles. The molecule has 0 amide bonds. The molecular weight excluding hydrogens is 352 g/mol. The topological polar surface area (TPSA) is 50.3 Å². The summed E-state index contributed by atoms with van der Waals surface area (Å²) in [5.41, 5.74) is 0.319. The highest BCUT2D eigenvalue weighted by atomic mass is 79.9. The molecule has 4 nitrogen and oxygen atoms in total. The molecule has 1 aromatic carbocycles. The Bertz CT molecular complexity index is 692. The number of sulfonamides is 1. The standard InChI is InChI=1S/C12H10BrClN2O2S/c1-16(11-7-9(13)8-15-12(11)14)19(17,18)10-5-3-2-4-6-10/h2-8H,1H3. The first-order chi connectivity index (χ1) is 8.93. The van der Waals surface area contributed by atoms with Gasteiger partial charge in [-0.15, -0.1) is 0 Å². The molecule has 0 atom stereocenters. The van der Waals surface area contributed by atoms with Crippen LogP contribution >= 0.6 is 27.5 Å². The molecule has 2 aromatic rings. The van der Waals surface area contributed by atoms with Gasteiger partial charge in [-0.3, -0.25) is 4.31 Å². The lowest BCUT2D eigenvalue weighted by molar-refractivity contribution is 0.594. The molecule has 19 heavy (non-hydrogen) atoms. The number of benzene rings is 1. The zero-order chi connectivity index (χ0) is 14.0. The van der Waals surface area contributed by atoms with E-state index >= 15 is 0 Å². The van der Waals surface area contributed by atoms with Crippen LogP contribution in [-0.2, 0) is 10.0 Å². The molecular formula is C12H10BrClN2O2S. The third-order valence-corrected chi connectivity index (χ3v) is 5.04. The first kappa shape index (κ1) is 14.3. The van der Waals surface area contributed by atoms with Gasteiger partial charge in [0.05, 0.1) is 10.6 Å². The highest BCUT2D eigenvalue weighted by molar-refractivity contribution is 9.10. The van der Waals surface area contributed by atoms with Crippen molar-refractivity contribution in [3.05, 3.63) is 52.2 Å². The van der Waals surface area contributed by atoms with Crippen molar-refractivity contribution in [1.29, 1.82) is 0 Å². The Labute approximate surface area is 125 Å². The number of aromatic nitrogens is 1. The normalized spacial score (nSPS) is 11.3. The Morgan fingerprint density at radius 2 is 1.89 bits per heavy atom. The van der Waals surface area contributed by atoms with Gasteiger partial charge in [-0.05, 0) is 34.1 Å². The van der Waals surface area contributed by atoms with Gasteiger partial charge >= 0.3 is 0 Å². The molecule has 100 valence electrons. The van der Waals surface area contributed by atoms with E-state index in [0.29, 0.717) is 10.2 Å². The molecule has 0 fully saturated rings. The molecule has 0 spiro atoms. The van der Waals surface area contributed by atoms with Gasteiger partial charge in [-0.2, -0.15) is 0 Å². The van der Waals surface area contributed by atoms with Crippen molar-refractivity contribution in [2.45, 2.75) is 4.90 Å². The number of anilines is 1. The number of rotatable bonds is 3. The van der Waals surface area contributed by atoms with Crippen LogP contribution in [0.2, 0.25) is 5.15 Å². The van der Waals surface area contributed by atoms with Crippen LogP contribution in [0.15, 0.2) is 52.0 Å². The van der Waals surface area contributed by atoms with E-state index in [1.165, 1.54) is 25.4 Å². The maximum Gasteiger partial charge on any atom is 0.264 e. The Morgan fingerprint density at radius 1 is 1.26 bits per heavy atom. The highest BCUT2D eigenvalue weighted by Gasteiger charge is 2.23. The molecule has 0 aliphatic rings. The SMILES string of the molecule is CN(c1cc(Br)cnc1Cl)S(=O)(=O)c1ccccc1. The number of hydrogen-bond donors (Lipinski definition) is 0. The molecule has 0 aliphatic carbocycles. The first-order valence-electron chi connectivity index (χ1n) is 5.28. The number of halogens is 2. The largest absolute Gasteiger partial charge is 0.266 e. The fraction of sp³-hybridized carbons (Fsp3) is 0.0833. The third kappa shape index (κ3) is 2.91. The minimum atomic E-state index is -3.64. The van der Waals surface area contributed by atoms with Crippen molar-refractivity contribution in [2.24, 2.45) is 0 Å².